The molecule has 1 rings (SSSR count). The number of halogens is 1. The minimum atomic E-state index is -1.28. The monoisotopic (exact) mass is 311 g/mol. The fourth-order valence-corrected chi connectivity index (χ4v) is 1.90. The van der Waals surface area contributed by atoms with Crippen LogP contribution in [0.1, 0.15) is 30.6 Å². The molecule has 0 bridgehead atoms. The van der Waals surface area contributed by atoms with Gasteiger partial charge in [-0.05, 0) is 31.0 Å². The summed E-state index contributed by atoms with van der Waals surface area (Å²) in [4.78, 5) is 34.6. The number of carbonyl (C=O) groups is 3. The Hall–Kier alpha value is -2.44. The highest BCUT2D eigenvalue weighted by atomic mass is 19.1. The summed E-state index contributed by atoms with van der Waals surface area (Å²) in [5.41, 5.74) is 0.00887. The molecule has 0 saturated heterocycles. The zero-order chi connectivity index (χ0) is 16.7. The summed E-state index contributed by atoms with van der Waals surface area (Å²) in [7, 11) is 0. The number of hydrogen-bond donors (Lipinski definition) is 2. The molecule has 0 heterocycles. The van der Waals surface area contributed by atoms with E-state index in [2.05, 4.69) is 5.32 Å². The van der Waals surface area contributed by atoms with Gasteiger partial charge in [0, 0.05) is 5.56 Å². The lowest BCUT2D eigenvalue weighted by Gasteiger charge is -2.20. The fourth-order valence-electron chi connectivity index (χ4n) is 1.90. The number of benzene rings is 1. The molecular formula is C15H18FNO5. The topological polar surface area (TPSA) is 92.7 Å². The zero-order valence-corrected chi connectivity index (χ0v) is 12.3. The first-order valence-corrected chi connectivity index (χ1v) is 6.80. The van der Waals surface area contributed by atoms with E-state index in [0.717, 1.165) is 6.07 Å². The second-order valence-electron chi connectivity index (χ2n) is 4.79. The van der Waals surface area contributed by atoms with Gasteiger partial charge in [0.2, 0.25) is 0 Å². The quantitative estimate of drug-likeness (QED) is 0.746. The minimum absolute atomic E-state index is 0.00887. The van der Waals surface area contributed by atoms with Gasteiger partial charge in [-0.2, -0.15) is 0 Å². The molecule has 0 unspecified atom stereocenters. The number of rotatable bonds is 7. The highest BCUT2D eigenvalue weighted by Crippen LogP contribution is 2.12. The van der Waals surface area contributed by atoms with Gasteiger partial charge in [0.1, 0.15) is 11.9 Å². The van der Waals surface area contributed by atoms with Gasteiger partial charge in [-0.25, -0.2) is 9.18 Å². The molecule has 1 aromatic carbocycles. The molecule has 0 aromatic heterocycles. The van der Waals surface area contributed by atoms with Crippen molar-refractivity contribution in [3.63, 3.8) is 0 Å². The van der Waals surface area contributed by atoms with E-state index >= 15 is 0 Å². The second-order valence-corrected chi connectivity index (χ2v) is 4.79. The second kappa shape index (κ2) is 8.11. The third-order valence-corrected chi connectivity index (χ3v) is 3.00. The maximum Gasteiger partial charge on any atom is 0.326 e. The first kappa shape index (κ1) is 17.6. The van der Waals surface area contributed by atoms with Gasteiger partial charge < -0.3 is 15.2 Å². The molecule has 7 heteroatoms. The molecular weight excluding hydrogens is 293 g/mol. The number of nitrogens with one attached hydrogen (secondary N) is 1. The largest absolute Gasteiger partial charge is 0.480 e. The van der Waals surface area contributed by atoms with Crippen LogP contribution in [0.5, 0.6) is 0 Å². The molecule has 0 saturated carbocycles. The predicted molar refractivity (Wildman–Crippen MR) is 75.7 cm³/mol. The Morgan fingerprint density at radius 3 is 2.59 bits per heavy atom. The molecule has 0 radical (unpaired) electrons. The van der Waals surface area contributed by atoms with E-state index in [1.165, 1.54) is 25.1 Å². The van der Waals surface area contributed by atoms with Gasteiger partial charge in [-0.15, -0.1) is 0 Å². The van der Waals surface area contributed by atoms with Crippen LogP contribution in [-0.4, -0.2) is 35.6 Å². The molecule has 0 aliphatic carbocycles. The van der Waals surface area contributed by atoms with Crippen LogP contribution in [0.25, 0.3) is 0 Å². The van der Waals surface area contributed by atoms with Crippen molar-refractivity contribution in [2.45, 2.75) is 26.3 Å². The molecule has 0 spiro atoms. The van der Waals surface area contributed by atoms with E-state index in [9.17, 15) is 23.9 Å². The molecule has 0 aliphatic rings. The average molecular weight is 311 g/mol. The van der Waals surface area contributed by atoms with Crippen LogP contribution >= 0.6 is 0 Å². The molecule has 6 nitrogen and oxygen atoms in total. The number of hydrogen-bond acceptors (Lipinski definition) is 4. The van der Waals surface area contributed by atoms with Gasteiger partial charge in [-0.3, -0.25) is 9.59 Å². The Bertz CT molecular complexity index is 561. The average Bonchev–Trinajstić information content (AvgIpc) is 2.44. The van der Waals surface area contributed by atoms with Crippen molar-refractivity contribution < 1.29 is 28.6 Å². The Morgan fingerprint density at radius 1 is 1.36 bits per heavy atom. The smallest absolute Gasteiger partial charge is 0.326 e. The maximum absolute atomic E-state index is 13.1. The van der Waals surface area contributed by atoms with E-state index in [4.69, 9.17) is 4.74 Å². The van der Waals surface area contributed by atoms with E-state index in [-0.39, 0.29) is 18.6 Å². The van der Waals surface area contributed by atoms with Crippen molar-refractivity contribution in [3.05, 3.63) is 35.6 Å². The molecule has 0 fully saturated rings. The summed E-state index contributed by atoms with van der Waals surface area (Å²) in [5, 5.41) is 11.5. The first-order chi connectivity index (χ1) is 10.3. The molecule has 120 valence electrons. The van der Waals surface area contributed by atoms with Crippen molar-refractivity contribution >= 4 is 17.8 Å². The standard InChI is InChI=1S/C15H18FNO5/c1-3-22-12(18)7-9(2)13(15(20)21)17-14(19)10-5-4-6-11(16)8-10/h4-6,8-9,13H,3,7H2,1-2H3,(H,17,19)(H,20,21)/t9-,13+/m0/s1. The van der Waals surface area contributed by atoms with Gasteiger partial charge >= 0.3 is 11.9 Å². The first-order valence-electron chi connectivity index (χ1n) is 6.80. The van der Waals surface area contributed by atoms with Gasteiger partial charge in [-0.1, -0.05) is 13.0 Å². The Kier molecular flexibility index (Phi) is 6.49. The SMILES string of the molecule is CCOC(=O)C[C@H](C)[C@@H](NC(=O)c1cccc(F)c1)C(=O)O. The highest BCUT2D eigenvalue weighted by molar-refractivity contribution is 5.96. The van der Waals surface area contributed by atoms with Crippen molar-refractivity contribution in [3.8, 4) is 0 Å². The summed E-state index contributed by atoms with van der Waals surface area (Å²) in [6.07, 6.45) is -0.145. The van der Waals surface area contributed by atoms with Crippen LogP contribution in [0.15, 0.2) is 24.3 Å². The Morgan fingerprint density at radius 2 is 2.05 bits per heavy atom. The van der Waals surface area contributed by atoms with Crippen LogP contribution in [-0.2, 0) is 14.3 Å². The summed E-state index contributed by atoms with van der Waals surface area (Å²) in [5.74, 6) is -3.81. The van der Waals surface area contributed by atoms with Crippen LogP contribution in [0.3, 0.4) is 0 Å². The van der Waals surface area contributed by atoms with E-state index in [1.54, 1.807) is 6.92 Å². The van der Waals surface area contributed by atoms with Gasteiger partial charge in [0.25, 0.3) is 5.91 Å². The summed E-state index contributed by atoms with van der Waals surface area (Å²) in [6.45, 7) is 3.35. The van der Waals surface area contributed by atoms with Gasteiger partial charge in [0.15, 0.2) is 0 Å². The number of aliphatic carboxylic acids is 1. The summed E-state index contributed by atoms with van der Waals surface area (Å²) in [6, 6.07) is 3.62. The summed E-state index contributed by atoms with van der Waals surface area (Å²) >= 11 is 0. The molecule has 2 atom stereocenters. The van der Waals surface area contributed by atoms with Crippen molar-refractivity contribution in [2.75, 3.05) is 6.61 Å². The number of carboxylic acid groups (broad SMARTS) is 1. The van der Waals surface area contributed by atoms with Crippen LogP contribution in [0.2, 0.25) is 0 Å². The number of carboxylic acids is 1. The maximum atomic E-state index is 13.1. The zero-order valence-electron chi connectivity index (χ0n) is 12.3. The Labute approximate surface area is 127 Å². The Balaban J connectivity index is 2.77. The highest BCUT2D eigenvalue weighted by Gasteiger charge is 2.29. The van der Waals surface area contributed by atoms with E-state index < -0.39 is 35.6 Å². The normalized spacial score (nSPS) is 13.0. The fraction of sp³-hybridized carbons (Fsp3) is 0.400. The van der Waals surface area contributed by atoms with Crippen molar-refractivity contribution in [1.82, 2.24) is 5.32 Å². The van der Waals surface area contributed by atoms with Crippen molar-refractivity contribution in [1.29, 1.82) is 0 Å². The number of amides is 1. The van der Waals surface area contributed by atoms with Crippen LogP contribution in [0.4, 0.5) is 4.39 Å². The third kappa shape index (κ3) is 5.16. The number of ether oxygens (including phenoxy) is 1. The molecule has 2 N–H and O–H groups in total. The lowest BCUT2D eigenvalue weighted by atomic mass is 9.98. The minimum Gasteiger partial charge on any atom is -0.480 e. The van der Waals surface area contributed by atoms with E-state index in [0.29, 0.717) is 0 Å². The molecule has 1 amide bonds. The molecule has 0 aliphatic heterocycles. The molecule has 1 aromatic rings. The predicted octanol–water partition coefficient (Wildman–Crippen LogP) is 1.60. The van der Waals surface area contributed by atoms with Crippen molar-refractivity contribution in [2.24, 2.45) is 5.92 Å². The lowest BCUT2D eigenvalue weighted by Crippen LogP contribution is -2.45. The van der Waals surface area contributed by atoms with E-state index in [1.807, 2.05) is 0 Å². The molecule has 22 heavy (non-hydrogen) atoms. The van der Waals surface area contributed by atoms with Crippen LogP contribution < -0.4 is 5.32 Å². The lowest BCUT2D eigenvalue weighted by molar-refractivity contribution is -0.145. The van der Waals surface area contributed by atoms with Gasteiger partial charge in [0.05, 0.1) is 13.0 Å². The van der Waals surface area contributed by atoms with Crippen LogP contribution in [0, 0.1) is 11.7 Å². The third-order valence-electron chi connectivity index (χ3n) is 3.00. The number of carbonyl (C=O) groups excluding carboxylic acids is 2. The summed E-state index contributed by atoms with van der Waals surface area (Å²) < 4.78 is 17.8. The number of esters is 1.